The molecule has 0 radical (unpaired) electrons. The molecular formula is C17H13F2NO4. The number of fused-ring (bicyclic) bond motifs is 1. The topological polar surface area (TPSA) is 56.8 Å². The highest BCUT2D eigenvalue weighted by Crippen LogP contribution is 2.32. The predicted octanol–water partition coefficient (Wildman–Crippen LogP) is 3.67. The Bertz CT molecular complexity index is 777. The number of rotatable bonds is 5. The van der Waals surface area contributed by atoms with Crippen molar-refractivity contribution >= 4 is 17.7 Å². The van der Waals surface area contributed by atoms with Gasteiger partial charge in [-0.3, -0.25) is 4.79 Å². The fraction of sp³-hybridized carbons (Fsp3) is 0.118. The number of carbonyl (C=O) groups is 1. The van der Waals surface area contributed by atoms with Crippen LogP contribution >= 0.6 is 0 Å². The van der Waals surface area contributed by atoms with Crippen molar-refractivity contribution in [2.75, 3.05) is 12.1 Å². The zero-order chi connectivity index (χ0) is 16.9. The van der Waals surface area contributed by atoms with E-state index in [4.69, 9.17) is 9.47 Å². The summed E-state index contributed by atoms with van der Waals surface area (Å²) in [5, 5.41) is 2.50. The number of carbonyl (C=O) groups excluding carboxylic acids is 1. The second-order valence-corrected chi connectivity index (χ2v) is 4.81. The standard InChI is InChI=1S/C17H13F2NO4/c18-17(19)24-13-4-2-1-3-12(13)20-16(21)8-6-11-5-7-14-15(9-11)23-10-22-14/h1-9,17H,10H2,(H,20,21)/b8-6+. The smallest absolute Gasteiger partial charge is 0.387 e. The van der Waals surface area contributed by atoms with Crippen molar-refractivity contribution in [3.63, 3.8) is 0 Å². The fourth-order valence-corrected chi connectivity index (χ4v) is 2.13. The molecule has 0 saturated carbocycles. The molecule has 1 aliphatic rings. The summed E-state index contributed by atoms with van der Waals surface area (Å²) in [4.78, 5) is 12.0. The lowest BCUT2D eigenvalue weighted by atomic mass is 10.2. The van der Waals surface area contributed by atoms with Crippen molar-refractivity contribution in [2.45, 2.75) is 6.61 Å². The van der Waals surface area contributed by atoms with E-state index in [9.17, 15) is 13.6 Å². The molecule has 1 heterocycles. The largest absolute Gasteiger partial charge is 0.454 e. The van der Waals surface area contributed by atoms with E-state index in [1.54, 1.807) is 30.3 Å². The van der Waals surface area contributed by atoms with Gasteiger partial charge < -0.3 is 19.5 Å². The van der Waals surface area contributed by atoms with E-state index in [2.05, 4.69) is 10.1 Å². The number of amides is 1. The number of nitrogens with one attached hydrogen (secondary N) is 1. The number of para-hydroxylation sites is 2. The lowest BCUT2D eigenvalue weighted by Crippen LogP contribution is -2.11. The number of benzene rings is 2. The number of anilines is 1. The number of hydrogen-bond donors (Lipinski definition) is 1. The third-order valence-corrected chi connectivity index (χ3v) is 3.18. The van der Waals surface area contributed by atoms with Gasteiger partial charge in [-0.2, -0.15) is 8.78 Å². The summed E-state index contributed by atoms with van der Waals surface area (Å²) in [7, 11) is 0. The van der Waals surface area contributed by atoms with Gasteiger partial charge in [0.1, 0.15) is 5.75 Å². The summed E-state index contributed by atoms with van der Waals surface area (Å²) in [6, 6.07) is 11.2. The first-order valence-electron chi connectivity index (χ1n) is 7.04. The zero-order valence-corrected chi connectivity index (χ0v) is 12.4. The van der Waals surface area contributed by atoms with Gasteiger partial charge in [0.05, 0.1) is 5.69 Å². The van der Waals surface area contributed by atoms with Crippen LogP contribution in [0.5, 0.6) is 17.2 Å². The molecule has 124 valence electrons. The molecule has 1 N–H and O–H groups in total. The number of alkyl halides is 2. The molecule has 0 aromatic heterocycles. The van der Waals surface area contributed by atoms with E-state index < -0.39 is 12.5 Å². The highest BCUT2D eigenvalue weighted by Gasteiger charge is 2.13. The van der Waals surface area contributed by atoms with Gasteiger partial charge in [-0.05, 0) is 35.9 Å². The van der Waals surface area contributed by atoms with Crippen molar-refractivity contribution in [3.8, 4) is 17.2 Å². The molecular weight excluding hydrogens is 320 g/mol. The maximum Gasteiger partial charge on any atom is 0.387 e. The van der Waals surface area contributed by atoms with Crippen molar-refractivity contribution < 1.29 is 27.8 Å². The normalized spacial score (nSPS) is 12.6. The highest BCUT2D eigenvalue weighted by molar-refractivity contribution is 6.02. The average molecular weight is 333 g/mol. The molecule has 0 unspecified atom stereocenters. The van der Waals surface area contributed by atoms with Crippen molar-refractivity contribution in [1.82, 2.24) is 0 Å². The highest BCUT2D eigenvalue weighted by atomic mass is 19.3. The van der Waals surface area contributed by atoms with Gasteiger partial charge >= 0.3 is 6.61 Å². The van der Waals surface area contributed by atoms with Crippen LogP contribution in [0.15, 0.2) is 48.5 Å². The minimum atomic E-state index is -2.97. The molecule has 0 fully saturated rings. The van der Waals surface area contributed by atoms with E-state index in [-0.39, 0.29) is 18.2 Å². The van der Waals surface area contributed by atoms with Gasteiger partial charge in [0, 0.05) is 6.08 Å². The molecule has 0 aliphatic carbocycles. The Labute approximate surface area is 136 Å². The molecule has 2 aromatic carbocycles. The Morgan fingerprint density at radius 2 is 1.96 bits per heavy atom. The number of ether oxygens (including phenoxy) is 3. The molecule has 2 aromatic rings. The molecule has 5 nitrogen and oxygen atoms in total. The van der Waals surface area contributed by atoms with E-state index in [1.165, 1.54) is 24.3 Å². The van der Waals surface area contributed by atoms with Gasteiger partial charge in [0.25, 0.3) is 0 Å². The lowest BCUT2D eigenvalue weighted by Gasteiger charge is -2.10. The third kappa shape index (κ3) is 3.81. The predicted molar refractivity (Wildman–Crippen MR) is 83.3 cm³/mol. The van der Waals surface area contributed by atoms with Crippen LogP contribution in [0.3, 0.4) is 0 Å². The maximum absolute atomic E-state index is 12.3. The molecule has 1 amide bonds. The van der Waals surface area contributed by atoms with Crippen molar-refractivity contribution in [3.05, 3.63) is 54.1 Å². The lowest BCUT2D eigenvalue weighted by molar-refractivity contribution is -0.111. The first-order valence-corrected chi connectivity index (χ1v) is 7.04. The van der Waals surface area contributed by atoms with Crippen molar-refractivity contribution in [1.29, 1.82) is 0 Å². The summed E-state index contributed by atoms with van der Waals surface area (Å²) in [6.45, 7) is -2.79. The SMILES string of the molecule is O=C(/C=C/c1ccc2c(c1)OCO2)Nc1ccccc1OC(F)F. The maximum atomic E-state index is 12.3. The molecule has 0 bridgehead atoms. The minimum Gasteiger partial charge on any atom is -0.454 e. The van der Waals surface area contributed by atoms with Crippen LogP contribution in [-0.2, 0) is 4.79 Å². The van der Waals surface area contributed by atoms with Crippen molar-refractivity contribution in [2.24, 2.45) is 0 Å². The van der Waals surface area contributed by atoms with Gasteiger partial charge in [0.15, 0.2) is 11.5 Å². The Kier molecular flexibility index (Phi) is 4.60. The van der Waals surface area contributed by atoms with Crippen LogP contribution in [0.4, 0.5) is 14.5 Å². The number of hydrogen-bond acceptors (Lipinski definition) is 4. The van der Waals surface area contributed by atoms with E-state index >= 15 is 0 Å². The van der Waals surface area contributed by atoms with Crippen LogP contribution in [0.25, 0.3) is 6.08 Å². The van der Waals surface area contributed by atoms with Gasteiger partial charge in [-0.1, -0.05) is 18.2 Å². The first kappa shape index (κ1) is 15.8. The molecule has 0 saturated heterocycles. The minimum absolute atomic E-state index is 0.0997. The van der Waals surface area contributed by atoms with Crippen LogP contribution in [0.2, 0.25) is 0 Å². The fourth-order valence-electron chi connectivity index (χ4n) is 2.13. The van der Waals surface area contributed by atoms with E-state index in [1.807, 2.05) is 0 Å². The van der Waals surface area contributed by atoms with Crippen LogP contribution in [-0.4, -0.2) is 19.3 Å². The zero-order valence-electron chi connectivity index (χ0n) is 12.4. The second-order valence-electron chi connectivity index (χ2n) is 4.81. The summed E-state index contributed by atoms with van der Waals surface area (Å²) in [6.07, 6.45) is 2.87. The van der Waals surface area contributed by atoms with Gasteiger partial charge in [-0.25, -0.2) is 0 Å². The molecule has 7 heteroatoms. The van der Waals surface area contributed by atoms with Crippen LogP contribution in [0.1, 0.15) is 5.56 Å². The Morgan fingerprint density at radius 1 is 1.17 bits per heavy atom. The molecule has 3 rings (SSSR count). The van der Waals surface area contributed by atoms with Gasteiger partial charge in [-0.15, -0.1) is 0 Å². The Morgan fingerprint density at radius 3 is 2.79 bits per heavy atom. The molecule has 1 aliphatic heterocycles. The van der Waals surface area contributed by atoms with Crippen LogP contribution < -0.4 is 19.5 Å². The summed E-state index contributed by atoms with van der Waals surface area (Å²) < 4.78 is 39.5. The van der Waals surface area contributed by atoms with Crippen LogP contribution in [0, 0.1) is 0 Å². The van der Waals surface area contributed by atoms with Gasteiger partial charge in [0.2, 0.25) is 12.7 Å². The average Bonchev–Trinajstić information content (AvgIpc) is 3.02. The monoisotopic (exact) mass is 333 g/mol. The molecule has 0 atom stereocenters. The third-order valence-electron chi connectivity index (χ3n) is 3.18. The van der Waals surface area contributed by atoms with E-state index in [0.717, 1.165) is 5.56 Å². The molecule has 24 heavy (non-hydrogen) atoms. The summed E-state index contributed by atoms with van der Waals surface area (Å²) in [5.74, 6) is 0.679. The Hall–Kier alpha value is -3.09. The second kappa shape index (κ2) is 6.99. The Balaban J connectivity index is 1.67. The quantitative estimate of drug-likeness (QED) is 0.848. The summed E-state index contributed by atoms with van der Waals surface area (Å²) >= 11 is 0. The molecule has 0 spiro atoms. The summed E-state index contributed by atoms with van der Waals surface area (Å²) in [5.41, 5.74) is 0.907. The van der Waals surface area contributed by atoms with E-state index in [0.29, 0.717) is 11.5 Å². The number of halogens is 2. The first-order chi connectivity index (χ1) is 11.6.